The molecular formula is C14H16O2. The number of ketones is 1. The summed E-state index contributed by atoms with van der Waals surface area (Å²) in [6.07, 6.45) is 4.19. The van der Waals surface area contributed by atoms with E-state index in [0.29, 0.717) is 18.6 Å². The van der Waals surface area contributed by atoms with Crippen molar-refractivity contribution < 1.29 is 9.53 Å². The van der Waals surface area contributed by atoms with Gasteiger partial charge in [-0.2, -0.15) is 0 Å². The molecule has 0 atom stereocenters. The Balaban J connectivity index is 2.30. The zero-order valence-electron chi connectivity index (χ0n) is 9.75. The summed E-state index contributed by atoms with van der Waals surface area (Å²) < 4.78 is 5.18. The van der Waals surface area contributed by atoms with Crippen LogP contribution in [-0.2, 0) is 4.79 Å². The largest absolute Gasteiger partial charge is 0.497 e. The first kappa shape index (κ1) is 10.9. The van der Waals surface area contributed by atoms with Crippen molar-refractivity contribution in [2.24, 2.45) is 0 Å². The Morgan fingerprint density at radius 3 is 2.62 bits per heavy atom. The molecule has 0 saturated heterocycles. The summed E-state index contributed by atoms with van der Waals surface area (Å²) in [4.78, 5) is 11.2. The monoisotopic (exact) mass is 216 g/mol. The molecule has 0 spiro atoms. The van der Waals surface area contributed by atoms with Crippen LogP contribution in [0.1, 0.15) is 30.4 Å². The molecule has 0 radical (unpaired) electrons. The van der Waals surface area contributed by atoms with Crippen molar-refractivity contribution >= 4 is 11.4 Å². The molecule has 2 nitrogen and oxygen atoms in total. The van der Waals surface area contributed by atoms with Crippen LogP contribution in [0, 0.1) is 6.92 Å². The van der Waals surface area contributed by atoms with E-state index in [-0.39, 0.29) is 0 Å². The van der Waals surface area contributed by atoms with Gasteiger partial charge in [-0.3, -0.25) is 4.79 Å². The molecule has 0 fully saturated rings. The number of ether oxygens (including phenoxy) is 1. The molecule has 0 aliphatic heterocycles. The highest BCUT2D eigenvalue weighted by atomic mass is 16.5. The number of hydrogen-bond donors (Lipinski definition) is 0. The Kier molecular flexibility index (Phi) is 3.09. The fourth-order valence-electron chi connectivity index (χ4n) is 2.08. The molecule has 1 aliphatic rings. The Hall–Kier alpha value is -1.57. The van der Waals surface area contributed by atoms with Gasteiger partial charge >= 0.3 is 0 Å². The average molecular weight is 216 g/mol. The van der Waals surface area contributed by atoms with Gasteiger partial charge in [-0.15, -0.1) is 0 Å². The summed E-state index contributed by atoms with van der Waals surface area (Å²) >= 11 is 0. The number of aryl methyl sites for hydroxylation is 1. The van der Waals surface area contributed by atoms with Gasteiger partial charge in [0.2, 0.25) is 0 Å². The average Bonchev–Trinajstić information content (AvgIpc) is 2.30. The van der Waals surface area contributed by atoms with Crippen molar-refractivity contribution in [3.63, 3.8) is 0 Å². The summed E-state index contributed by atoms with van der Waals surface area (Å²) in [5.74, 6) is 1.23. The minimum absolute atomic E-state index is 0.343. The number of rotatable bonds is 2. The lowest BCUT2D eigenvalue weighted by molar-refractivity contribution is -0.118. The maximum Gasteiger partial charge on any atom is 0.137 e. The molecule has 0 saturated carbocycles. The fraction of sp³-hybridized carbons (Fsp3) is 0.357. The molecule has 1 aliphatic carbocycles. The van der Waals surface area contributed by atoms with E-state index >= 15 is 0 Å². The van der Waals surface area contributed by atoms with Gasteiger partial charge in [0.25, 0.3) is 0 Å². The molecule has 1 aromatic carbocycles. The quantitative estimate of drug-likeness (QED) is 0.759. The summed E-state index contributed by atoms with van der Waals surface area (Å²) in [5.41, 5.74) is 3.74. The number of allylic oxidation sites excluding steroid dienone is 2. The summed E-state index contributed by atoms with van der Waals surface area (Å²) in [6.45, 7) is 2.08. The van der Waals surface area contributed by atoms with Crippen LogP contribution in [0.2, 0.25) is 0 Å². The van der Waals surface area contributed by atoms with E-state index in [1.807, 2.05) is 12.1 Å². The third-order valence-electron chi connectivity index (χ3n) is 3.03. The molecule has 2 heteroatoms. The second kappa shape index (κ2) is 4.52. The molecule has 2 rings (SSSR count). The summed E-state index contributed by atoms with van der Waals surface area (Å²) in [7, 11) is 1.67. The highest BCUT2D eigenvalue weighted by Gasteiger charge is 2.13. The molecule has 0 N–H and O–H groups in total. The second-order valence-corrected chi connectivity index (χ2v) is 4.15. The van der Waals surface area contributed by atoms with Crippen LogP contribution >= 0.6 is 0 Å². The first-order valence-corrected chi connectivity index (χ1v) is 5.56. The lowest BCUT2D eigenvalue weighted by Crippen LogP contribution is -2.03. The molecule has 0 aromatic heterocycles. The minimum atomic E-state index is 0.343. The van der Waals surface area contributed by atoms with Crippen LogP contribution in [0.5, 0.6) is 5.75 Å². The molecule has 0 heterocycles. The zero-order chi connectivity index (χ0) is 11.5. The van der Waals surface area contributed by atoms with Crippen LogP contribution in [0.3, 0.4) is 0 Å². The summed E-state index contributed by atoms with van der Waals surface area (Å²) in [5, 5.41) is 0. The van der Waals surface area contributed by atoms with Crippen molar-refractivity contribution in [3.05, 3.63) is 35.4 Å². The fourth-order valence-corrected chi connectivity index (χ4v) is 2.08. The predicted molar refractivity (Wildman–Crippen MR) is 64.6 cm³/mol. The number of carbonyl (C=O) groups excluding carboxylic acids is 1. The molecule has 16 heavy (non-hydrogen) atoms. The predicted octanol–water partition coefficient (Wildman–Crippen LogP) is 3.14. The Bertz CT molecular complexity index is 444. The van der Waals surface area contributed by atoms with E-state index in [0.717, 1.165) is 12.2 Å². The minimum Gasteiger partial charge on any atom is -0.497 e. The van der Waals surface area contributed by atoms with E-state index in [2.05, 4.69) is 19.1 Å². The highest BCUT2D eigenvalue weighted by Crippen LogP contribution is 2.29. The topological polar surface area (TPSA) is 26.3 Å². The summed E-state index contributed by atoms with van der Waals surface area (Å²) in [6, 6.07) is 6.09. The van der Waals surface area contributed by atoms with E-state index in [1.165, 1.54) is 16.7 Å². The van der Waals surface area contributed by atoms with E-state index < -0.39 is 0 Å². The number of hydrogen-bond acceptors (Lipinski definition) is 2. The Labute approximate surface area is 95.9 Å². The van der Waals surface area contributed by atoms with Gasteiger partial charge in [-0.25, -0.2) is 0 Å². The number of benzene rings is 1. The standard InChI is InChI=1S/C14H16O2/c1-10-9-13(16-2)7-8-14(10)11-3-5-12(15)6-4-11/h3,7-9H,4-6H2,1-2H3. The smallest absolute Gasteiger partial charge is 0.137 e. The number of methoxy groups -OCH3 is 1. The van der Waals surface area contributed by atoms with E-state index in [1.54, 1.807) is 7.11 Å². The van der Waals surface area contributed by atoms with Gasteiger partial charge in [0, 0.05) is 12.8 Å². The van der Waals surface area contributed by atoms with Gasteiger partial charge in [0.05, 0.1) is 7.11 Å². The van der Waals surface area contributed by atoms with Crippen LogP contribution in [0.25, 0.3) is 5.57 Å². The van der Waals surface area contributed by atoms with Crippen LogP contribution < -0.4 is 4.74 Å². The molecule has 1 aromatic rings. The SMILES string of the molecule is COc1ccc(C2=CCC(=O)CC2)c(C)c1. The first-order valence-electron chi connectivity index (χ1n) is 5.56. The van der Waals surface area contributed by atoms with Gasteiger partial charge in [0.15, 0.2) is 0 Å². The molecule has 0 amide bonds. The van der Waals surface area contributed by atoms with Gasteiger partial charge in [0.1, 0.15) is 11.5 Å². The third-order valence-corrected chi connectivity index (χ3v) is 3.03. The van der Waals surface area contributed by atoms with E-state index in [9.17, 15) is 4.79 Å². The lowest BCUT2D eigenvalue weighted by Gasteiger charge is -2.15. The lowest BCUT2D eigenvalue weighted by atomic mass is 9.90. The first-order chi connectivity index (χ1) is 7.70. The normalized spacial score (nSPS) is 15.9. The van der Waals surface area contributed by atoms with Crippen molar-refractivity contribution in [2.75, 3.05) is 7.11 Å². The van der Waals surface area contributed by atoms with Crippen molar-refractivity contribution in [2.45, 2.75) is 26.2 Å². The van der Waals surface area contributed by atoms with Crippen molar-refractivity contribution in [1.29, 1.82) is 0 Å². The van der Waals surface area contributed by atoms with Crippen molar-refractivity contribution in [1.82, 2.24) is 0 Å². The maximum atomic E-state index is 11.2. The third kappa shape index (κ3) is 2.16. The highest BCUT2D eigenvalue weighted by molar-refractivity contribution is 5.87. The molecule has 0 bridgehead atoms. The Morgan fingerprint density at radius 1 is 1.25 bits per heavy atom. The van der Waals surface area contributed by atoms with Gasteiger partial charge in [-0.05, 0) is 42.2 Å². The second-order valence-electron chi connectivity index (χ2n) is 4.15. The number of carbonyl (C=O) groups is 1. The number of Topliss-reactive ketones (excluding diaryl/α,β-unsaturated/α-hetero) is 1. The zero-order valence-corrected chi connectivity index (χ0v) is 9.75. The van der Waals surface area contributed by atoms with Crippen LogP contribution in [0.15, 0.2) is 24.3 Å². The van der Waals surface area contributed by atoms with Gasteiger partial charge in [-0.1, -0.05) is 12.1 Å². The van der Waals surface area contributed by atoms with Crippen molar-refractivity contribution in [3.8, 4) is 5.75 Å². The molecule has 84 valence electrons. The van der Waals surface area contributed by atoms with E-state index in [4.69, 9.17) is 4.74 Å². The molecular weight excluding hydrogens is 200 g/mol. The molecule has 0 unspecified atom stereocenters. The van der Waals surface area contributed by atoms with Gasteiger partial charge < -0.3 is 4.74 Å². The van der Waals surface area contributed by atoms with Crippen LogP contribution in [-0.4, -0.2) is 12.9 Å². The van der Waals surface area contributed by atoms with Crippen LogP contribution in [0.4, 0.5) is 0 Å². The Morgan fingerprint density at radius 2 is 2.06 bits per heavy atom. The maximum absolute atomic E-state index is 11.2.